The van der Waals surface area contributed by atoms with E-state index in [1.54, 1.807) is 17.0 Å². The molecule has 1 aromatic carbocycles. The fraction of sp³-hybridized carbons (Fsp3) is 0.571. The average molecular weight is 374 g/mol. The second-order valence-electron chi connectivity index (χ2n) is 8.19. The van der Waals surface area contributed by atoms with Crippen LogP contribution in [0.4, 0.5) is 0 Å². The van der Waals surface area contributed by atoms with Crippen molar-refractivity contribution in [1.29, 1.82) is 0 Å². The van der Waals surface area contributed by atoms with E-state index < -0.39 is 17.4 Å². The molecule has 0 aromatic heterocycles. The Morgan fingerprint density at radius 1 is 1.11 bits per heavy atom. The third-order valence-corrected chi connectivity index (χ3v) is 5.68. The number of carboxylic acids is 1. The number of hydrogen-bond acceptors (Lipinski definition) is 3. The van der Waals surface area contributed by atoms with Crippen LogP contribution in [0.2, 0.25) is 0 Å². The summed E-state index contributed by atoms with van der Waals surface area (Å²) in [6.07, 6.45) is 0.433. The van der Waals surface area contributed by atoms with Crippen molar-refractivity contribution in [1.82, 2.24) is 10.2 Å². The number of aryl methyl sites for hydroxylation is 1. The van der Waals surface area contributed by atoms with Crippen molar-refractivity contribution in [3.63, 3.8) is 0 Å². The molecular weight excluding hydrogens is 344 g/mol. The summed E-state index contributed by atoms with van der Waals surface area (Å²) in [5.74, 6) is -1.56. The molecule has 2 amide bonds. The second kappa shape index (κ2) is 8.11. The predicted molar refractivity (Wildman–Crippen MR) is 103 cm³/mol. The summed E-state index contributed by atoms with van der Waals surface area (Å²) in [4.78, 5) is 39.0. The number of hydrogen-bond donors (Lipinski definition) is 2. The Bertz CT molecular complexity index is 711. The molecule has 2 rings (SSSR count). The van der Waals surface area contributed by atoms with Crippen molar-refractivity contribution >= 4 is 17.8 Å². The zero-order valence-electron chi connectivity index (χ0n) is 16.8. The van der Waals surface area contributed by atoms with Gasteiger partial charge in [0.1, 0.15) is 6.04 Å². The summed E-state index contributed by atoms with van der Waals surface area (Å²) in [7, 11) is 0. The van der Waals surface area contributed by atoms with Crippen LogP contribution in [-0.2, 0) is 9.59 Å². The van der Waals surface area contributed by atoms with E-state index in [2.05, 4.69) is 5.32 Å². The Kier molecular flexibility index (Phi) is 6.29. The van der Waals surface area contributed by atoms with Crippen molar-refractivity contribution in [3.8, 4) is 0 Å². The number of rotatable bonds is 6. The first-order chi connectivity index (χ1) is 12.6. The lowest BCUT2D eigenvalue weighted by atomic mass is 9.76. The Morgan fingerprint density at radius 2 is 1.70 bits per heavy atom. The number of aliphatic carboxylic acids is 1. The minimum atomic E-state index is -0.918. The normalized spacial score (nSPS) is 20.8. The second-order valence-corrected chi connectivity index (χ2v) is 8.19. The van der Waals surface area contributed by atoms with Crippen LogP contribution in [0, 0.1) is 24.2 Å². The smallest absolute Gasteiger partial charge is 0.311 e. The average Bonchev–Trinajstić information content (AvgIpc) is 3.06. The van der Waals surface area contributed by atoms with Gasteiger partial charge in [-0.05, 0) is 37.3 Å². The number of carboxylic acid groups (broad SMARTS) is 1. The first-order valence-electron chi connectivity index (χ1n) is 9.48. The molecule has 0 saturated carbocycles. The maximum Gasteiger partial charge on any atom is 0.311 e. The molecule has 0 radical (unpaired) electrons. The Labute approximate surface area is 160 Å². The standard InChI is InChI=1S/C21H30N2O4/c1-13(2)17(22-18(24)16-8-6-15(5)7-9-16)19(25)23-11-10-21(12-23,14(3)4)20(26)27/h6-9,13-14,17H,10-12H2,1-5H3,(H,22,24)(H,26,27). The van der Waals surface area contributed by atoms with Crippen LogP contribution in [0.15, 0.2) is 24.3 Å². The molecule has 2 N–H and O–H groups in total. The molecule has 1 aliphatic heterocycles. The predicted octanol–water partition coefficient (Wildman–Crippen LogP) is 2.71. The summed E-state index contributed by atoms with van der Waals surface area (Å²) < 4.78 is 0. The number of benzene rings is 1. The summed E-state index contributed by atoms with van der Waals surface area (Å²) >= 11 is 0. The third kappa shape index (κ3) is 4.31. The largest absolute Gasteiger partial charge is 0.481 e. The third-order valence-electron chi connectivity index (χ3n) is 5.68. The molecule has 2 atom stereocenters. The minimum absolute atomic E-state index is 0.0764. The van der Waals surface area contributed by atoms with Gasteiger partial charge in [-0.25, -0.2) is 0 Å². The number of carbonyl (C=O) groups excluding carboxylic acids is 2. The fourth-order valence-corrected chi connectivity index (χ4v) is 3.55. The zero-order chi connectivity index (χ0) is 20.4. The van der Waals surface area contributed by atoms with Gasteiger partial charge in [0.05, 0.1) is 5.41 Å². The molecule has 0 bridgehead atoms. The number of nitrogens with zero attached hydrogens (tertiary/aromatic N) is 1. The summed E-state index contributed by atoms with van der Waals surface area (Å²) in [5.41, 5.74) is 0.638. The molecule has 6 heteroatoms. The van der Waals surface area contributed by atoms with Crippen LogP contribution >= 0.6 is 0 Å². The zero-order valence-corrected chi connectivity index (χ0v) is 16.8. The highest BCUT2D eigenvalue weighted by Gasteiger charge is 2.49. The van der Waals surface area contributed by atoms with Crippen LogP contribution in [0.25, 0.3) is 0 Å². The SMILES string of the molecule is Cc1ccc(C(=O)NC(C(=O)N2CCC(C(=O)O)(C(C)C)C2)C(C)C)cc1. The van der Waals surface area contributed by atoms with Gasteiger partial charge in [0.15, 0.2) is 0 Å². The van der Waals surface area contributed by atoms with Crippen molar-refractivity contribution in [2.24, 2.45) is 17.3 Å². The Morgan fingerprint density at radius 3 is 2.15 bits per heavy atom. The lowest BCUT2D eigenvalue weighted by Gasteiger charge is -2.31. The van der Waals surface area contributed by atoms with E-state index in [0.29, 0.717) is 18.5 Å². The highest BCUT2D eigenvalue weighted by Crippen LogP contribution is 2.38. The van der Waals surface area contributed by atoms with Gasteiger partial charge in [0, 0.05) is 18.7 Å². The summed E-state index contributed by atoms with van der Waals surface area (Å²) in [6.45, 7) is 10.0. The summed E-state index contributed by atoms with van der Waals surface area (Å²) in [6, 6.07) is 6.49. The molecule has 1 heterocycles. The van der Waals surface area contributed by atoms with Gasteiger partial charge in [-0.1, -0.05) is 45.4 Å². The first kappa shape index (κ1) is 20.9. The number of carbonyl (C=O) groups is 3. The van der Waals surface area contributed by atoms with Crippen molar-refractivity contribution in [2.75, 3.05) is 13.1 Å². The number of amides is 2. The lowest BCUT2D eigenvalue weighted by Crippen LogP contribution is -2.51. The van der Waals surface area contributed by atoms with Gasteiger partial charge in [-0.3, -0.25) is 14.4 Å². The topological polar surface area (TPSA) is 86.7 Å². The quantitative estimate of drug-likeness (QED) is 0.801. The van der Waals surface area contributed by atoms with Gasteiger partial charge in [-0.15, -0.1) is 0 Å². The van der Waals surface area contributed by atoms with Crippen LogP contribution in [-0.4, -0.2) is 46.9 Å². The highest BCUT2D eigenvalue weighted by atomic mass is 16.4. The molecular formula is C21H30N2O4. The fourth-order valence-electron chi connectivity index (χ4n) is 3.55. The molecule has 1 fully saturated rings. The van der Waals surface area contributed by atoms with E-state index in [4.69, 9.17) is 0 Å². The monoisotopic (exact) mass is 374 g/mol. The maximum absolute atomic E-state index is 13.1. The van der Waals surface area contributed by atoms with E-state index >= 15 is 0 Å². The van der Waals surface area contributed by atoms with Gasteiger partial charge in [0.2, 0.25) is 5.91 Å². The molecule has 6 nitrogen and oxygen atoms in total. The molecule has 0 aliphatic carbocycles. The van der Waals surface area contributed by atoms with E-state index in [1.807, 2.05) is 46.8 Å². The lowest BCUT2D eigenvalue weighted by molar-refractivity contribution is -0.151. The Balaban J connectivity index is 2.15. The van der Waals surface area contributed by atoms with Crippen LogP contribution < -0.4 is 5.32 Å². The van der Waals surface area contributed by atoms with E-state index in [9.17, 15) is 19.5 Å². The van der Waals surface area contributed by atoms with Gasteiger partial charge >= 0.3 is 5.97 Å². The van der Waals surface area contributed by atoms with Crippen molar-refractivity contribution in [3.05, 3.63) is 35.4 Å². The highest BCUT2D eigenvalue weighted by molar-refractivity contribution is 5.97. The molecule has 1 aromatic rings. The minimum Gasteiger partial charge on any atom is -0.481 e. The summed E-state index contributed by atoms with van der Waals surface area (Å²) in [5, 5.41) is 12.5. The molecule has 27 heavy (non-hydrogen) atoms. The number of likely N-dealkylation sites (tertiary alicyclic amines) is 1. The maximum atomic E-state index is 13.1. The van der Waals surface area contributed by atoms with Crippen LogP contribution in [0.5, 0.6) is 0 Å². The first-order valence-corrected chi connectivity index (χ1v) is 9.48. The molecule has 0 spiro atoms. The molecule has 148 valence electrons. The molecule has 2 unspecified atom stereocenters. The van der Waals surface area contributed by atoms with Gasteiger partial charge in [-0.2, -0.15) is 0 Å². The van der Waals surface area contributed by atoms with Gasteiger partial charge in [0.25, 0.3) is 5.91 Å². The van der Waals surface area contributed by atoms with Crippen LogP contribution in [0.1, 0.15) is 50.0 Å². The molecule has 1 saturated heterocycles. The molecule has 1 aliphatic rings. The van der Waals surface area contributed by atoms with Crippen LogP contribution in [0.3, 0.4) is 0 Å². The van der Waals surface area contributed by atoms with Gasteiger partial charge < -0.3 is 15.3 Å². The van der Waals surface area contributed by atoms with Crippen molar-refractivity contribution in [2.45, 2.75) is 47.1 Å². The Hall–Kier alpha value is -2.37. The van der Waals surface area contributed by atoms with E-state index in [1.165, 1.54) is 0 Å². The number of nitrogens with one attached hydrogen (secondary N) is 1. The van der Waals surface area contributed by atoms with E-state index in [-0.39, 0.29) is 30.2 Å². The van der Waals surface area contributed by atoms with E-state index in [0.717, 1.165) is 5.56 Å². The van der Waals surface area contributed by atoms with Crippen molar-refractivity contribution < 1.29 is 19.5 Å².